The fraction of sp³-hybridized carbons (Fsp3) is 0. The predicted molar refractivity (Wildman–Crippen MR) is 157 cm³/mol. The summed E-state index contributed by atoms with van der Waals surface area (Å²) >= 11 is 0. The summed E-state index contributed by atoms with van der Waals surface area (Å²) in [5, 5.41) is -4.23. The van der Waals surface area contributed by atoms with Crippen molar-refractivity contribution in [2.45, 2.75) is 0 Å². The van der Waals surface area contributed by atoms with E-state index in [9.17, 15) is 8.22 Å². The van der Waals surface area contributed by atoms with Gasteiger partial charge in [-0.1, -0.05) is 109 Å². The summed E-state index contributed by atoms with van der Waals surface area (Å²) in [6.45, 7) is 0. The van der Waals surface area contributed by atoms with E-state index >= 15 is 0 Å². The van der Waals surface area contributed by atoms with Gasteiger partial charge in [-0.3, -0.25) is 0 Å². The molecule has 0 unspecified atom stereocenters. The molecule has 0 aliphatic heterocycles. The van der Waals surface area contributed by atoms with E-state index in [0.717, 1.165) is 0 Å². The molecule has 0 saturated heterocycles. The average Bonchev–Trinajstić information content (AvgIpc) is 3.62. The highest BCUT2D eigenvalue weighted by Crippen LogP contribution is 2.44. The zero-order valence-electron chi connectivity index (χ0n) is 40.4. The molecule has 172 valence electrons. The molecule has 0 radical (unpaired) electrons. The molecule has 1 nitrogen and oxygen atoms in total. The van der Waals surface area contributed by atoms with Crippen LogP contribution < -0.4 is 0 Å². The lowest BCUT2D eigenvalue weighted by atomic mass is 9.85. The lowest BCUT2D eigenvalue weighted by molar-refractivity contribution is 0.669. The second-order valence-electron chi connectivity index (χ2n) is 8.01. The summed E-state index contributed by atoms with van der Waals surface area (Å²) in [6.07, 6.45) is 0. The molecule has 0 spiro atoms. The van der Waals surface area contributed by atoms with Gasteiger partial charge in [-0.15, -0.1) is 0 Å². The Morgan fingerprint density at radius 3 is 1.62 bits per heavy atom. The molecule has 7 aromatic carbocycles. The molecule has 8 aromatic rings. The van der Waals surface area contributed by atoms with Crippen LogP contribution in [0, 0.1) is 0 Å². The van der Waals surface area contributed by atoms with Gasteiger partial charge >= 0.3 is 0 Å². The minimum atomic E-state index is -0.909. The van der Waals surface area contributed by atoms with Gasteiger partial charge in [-0.05, 0) is 78.7 Å². The van der Waals surface area contributed by atoms with Crippen LogP contribution in [0.15, 0.2) is 137 Å². The largest absolute Gasteiger partial charge is 0.456 e. The molecule has 0 amide bonds. The maximum atomic E-state index is 9.61. The molecular weight excluding hydrogens is 448 g/mol. The molecule has 0 atom stereocenters. The minimum absolute atomic E-state index is 0.323. The topological polar surface area (TPSA) is 13.1 Å². The number of furan rings is 1. The van der Waals surface area contributed by atoms with Crippen molar-refractivity contribution in [1.82, 2.24) is 0 Å². The molecule has 0 fully saturated rings. The Morgan fingerprint density at radius 1 is 0.378 bits per heavy atom. The van der Waals surface area contributed by atoms with Crippen LogP contribution >= 0.6 is 0 Å². The highest BCUT2D eigenvalue weighted by Gasteiger charge is 2.17. The van der Waals surface area contributed by atoms with Gasteiger partial charge < -0.3 is 4.42 Å². The van der Waals surface area contributed by atoms with Crippen molar-refractivity contribution in [3.8, 4) is 22.3 Å². The van der Waals surface area contributed by atoms with E-state index in [1.54, 1.807) is 0 Å². The van der Waals surface area contributed by atoms with E-state index < -0.39 is 199 Å². The first-order valence-electron chi connectivity index (χ1n) is 21.9. The summed E-state index contributed by atoms with van der Waals surface area (Å²) in [4.78, 5) is 0. The Labute approximate surface area is 245 Å². The molecule has 1 heterocycles. The molecular formula is C36H22O. The third-order valence-electron chi connectivity index (χ3n) is 6.01. The molecule has 0 N–H and O–H groups in total. The van der Waals surface area contributed by atoms with Gasteiger partial charge in [-0.25, -0.2) is 0 Å². The number of para-hydroxylation sites is 1. The Hall–Kier alpha value is -4.88. The van der Waals surface area contributed by atoms with Gasteiger partial charge in [0.2, 0.25) is 0 Å². The normalized spacial score (nSPS) is 20.1. The average molecular weight is 493 g/mol. The van der Waals surface area contributed by atoms with Crippen LogP contribution in [0.3, 0.4) is 0 Å². The van der Waals surface area contributed by atoms with Gasteiger partial charge in [0.05, 0.1) is 30.2 Å². The fourth-order valence-electron chi connectivity index (χ4n) is 4.48. The van der Waals surface area contributed by atoms with Crippen LogP contribution in [-0.4, -0.2) is 0 Å². The molecule has 0 bridgehead atoms. The first-order chi connectivity index (χ1) is 27.5. The number of hydrogen-bond acceptors (Lipinski definition) is 1. The molecule has 37 heavy (non-hydrogen) atoms. The van der Waals surface area contributed by atoms with Crippen LogP contribution in [0.1, 0.15) is 30.2 Å². The fourth-order valence-corrected chi connectivity index (χ4v) is 4.48. The zero-order valence-corrected chi connectivity index (χ0v) is 18.4. The van der Waals surface area contributed by atoms with Crippen molar-refractivity contribution in [3.05, 3.63) is 133 Å². The van der Waals surface area contributed by atoms with Crippen molar-refractivity contribution in [1.29, 1.82) is 0 Å². The highest BCUT2D eigenvalue weighted by molar-refractivity contribution is 6.22. The third kappa shape index (κ3) is 3.04. The van der Waals surface area contributed by atoms with Crippen LogP contribution in [0.25, 0.3) is 76.5 Å². The number of rotatable bonds is 2. The monoisotopic (exact) mass is 492 g/mol. The zero-order chi connectivity index (χ0) is 43.5. The van der Waals surface area contributed by atoms with Crippen LogP contribution in [0.5, 0.6) is 0 Å². The van der Waals surface area contributed by atoms with Crippen molar-refractivity contribution >= 4 is 54.3 Å². The maximum absolute atomic E-state index is 9.61. The molecule has 1 aromatic heterocycles. The SMILES string of the molecule is [2H]c1c([2H])c([2H])c(-c2c3c([2H])c([2H])c([2H])c([2H])c3c(-c3c([2H])c([2H])c4c([2H])c5oc6c([2H])c([2H])c([2H])c([2H])c6c5c([2H])c4c3[2H])c3c([2H])c([2H])c([2H])c([2H])c23)c([2H])c1[2H]. The highest BCUT2D eigenvalue weighted by atomic mass is 16.3. The molecule has 8 rings (SSSR count). The predicted octanol–water partition coefficient (Wildman–Crippen LogP) is 10.4. The van der Waals surface area contributed by atoms with E-state index in [1.165, 1.54) is 0 Å². The van der Waals surface area contributed by atoms with Gasteiger partial charge in [0.25, 0.3) is 0 Å². The van der Waals surface area contributed by atoms with Gasteiger partial charge in [0.15, 0.2) is 0 Å². The van der Waals surface area contributed by atoms with E-state index in [0.29, 0.717) is 0 Å². The quantitative estimate of drug-likeness (QED) is 0.219. The summed E-state index contributed by atoms with van der Waals surface area (Å²) in [5.74, 6) is 0. The van der Waals surface area contributed by atoms with Gasteiger partial charge in [-0.2, -0.15) is 0 Å². The second kappa shape index (κ2) is 7.81. The van der Waals surface area contributed by atoms with Crippen LogP contribution in [0.4, 0.5) is 0 Å². The standard InChI is InChI=1S/C36H22O/c1-2-10-23(11-3-1)35-28-13-4-6-15-30(28)36(31-16-7-5-14-29(31)35)25-19-18-24-22-34-32(21-26(24)20-25)27-12-8-9-17-33(27)37-34/h1-22H/i1D,2D,3D,4D,5D,6D,7D,8D,9D,10D,11D,12D,13D,14D,15D,16D,17D,18D,19D,20D,21D,22D. The number of benzene rings is 7. The first kappa shape index (κ1) is 8.33. The van der Waals surface area contributed by atoms with Crippen molar-refractivity contribution in [3.63, 3.8) is 0 Å². The molecule has 0 aliphatic rings. The molecule has 1 heteroatoms. The Morgan fingerprint density at radius 2 is 0.946 bits per heavy atom. The van der Waals surface area contributed by atoms with Crippen LogP contribution in [0.2, 0.25) is 0 Å². The smallest absolute Gasteiger partial charge is 0.136 e. The van der Waals surface area contributed by atoms with Crippen LogP contribution in [-0.2, 0) is 0 Å². The van der Waals surface area contributed by atoms with E-state index in [2.05, 4.69) is 0 Å². The first-order valence-corrected chi connectivity index (χ1v) is 10.9. The van der Waals surface area contributed by atoms with E-state index in [-0.39, 0.29) is 10.8 Å². The van der Waals surface area contributed by atoms with Crippen molar-refractivity contribution in [2.24, 2.45) is 0 Å². The third-order valence-corrected chi connectivity index (χ3v) is 6.01. The summed E-state index contributed by atoms with van der Waals surface area (Å²) in [5.41, 5.74) is -3.50. The molecule has 0 saturated carbocycles. The van der Waals surface area contributed by atoms with E-state index in [1.807, 2.05) is 0 Å². The number of hydrogen-bond donors (Lipinski definition) is 0. The summed E-state index contributed by atoms with van der Waals surface area (Å²) in [6, 6.07) is -18.2. The van der Waals surface area contributed by atoms with Crippen molar-refractivity contribution < 1.29 is 34.6 Å². The Balaban J connectivity index is 1.74. The summed E-state index contributed by atoms with van der Waals surface area (Å²) in [7, 11) is 0. The van der Waals surface area contributed by atoms with Crippen molar-refractivity contribution in [2.75, 3.05) is 0 Å². The second-order valence-corrected chi connectivity index (χ2v) is 8.01. The van der Waals surface area contributed by atoms with E-state index in [4.69, 9.17) is 26.3 Å². The maximum Gasteiger partial charge on any atom is 0.136 e. The Kier molecular flexibility index (Phi) is 1.76. The molecule has 0 aliphatic carbocycles. The van der Waals surface area contributed by atoms with Gasteiger partial charge in [0, 0.05) is 10.8 Å². The summed E-state index contributed by atoms with van der Waals surface area (Å²) < 4.78 is 199. The minimum Gasteiger partial charge on any atom is -0.456 e. The van der Waals surface area contributed by atoms with Gasteiger partial charge in [0.1, 0.15) is 11.2 Å². The lowest BCUT2D eigenvalue weighted by Crippen LogP contribution is -1.90. The number of fused-ring (bicyclic) bond motifs is 6. The Bertz CT molecular complexity index is 3240. The lowest BCUT2D eigenvalue weighted by Gasteiger charge is -2.18.